The van der Waals surface area contributed by atoms with Gasteiger partial charge in [0.2, 0.25) is 5.91 Å². The third-order valence-electron chi connectivity index (χ3n) is 4.14. The van der Waals surface area contributed by atoms with Crippen LogP contribution in [-0.4, -0.2) is 24.1 Å². The molecule has 0 fully saturated rings. The minimum absolute atomic E-state index is 0.0920. The highest BCUT2D eigenvalue weighted by molar-refractivity contribution is 5.83. The second kappa shape index (κ2) is 8.47. The van der Waals surface area contributed by atoms with E-state index in [0.717, 1.165) is 12.1 Å². The van der Waals surface area contributed by atoms with Crippen molar-refractivity contribution in [3.63, 3.8) is 0 Å². The summed E-state index contributed by atoms with van der Waals surface area (Å²) < 4.78 is 31.6. The van der Waals surface area contributed by atoms with Crippen molar-refractivity contribution < 1.29 is 23.1 Å². The molecule has 26 heavy (non-hydrogen) atoms. The van der Waals surface area contributed by atoms with Crippen molar-refractivity contribution in [1.82, 2.24) is 10.6 Å². The molecule has 0 saturated heterocycles. The van der Waals surface area contributed by atoms with Crippen LogP contribution in [0.4, 0.5) is 13.6 Å². The Labute approximate surface area is 153 Å². The molecular formula is C19H28F2N2O3. The maximum atomic E-state index is 13.4. The van der Waals surface area contributed by atoms with Crippen LogP contribution in [-0.2, 0) is 9.53 Å². The van der Waals surface area contributed by atoms with Crippen LogP contribution >= 0.6 is 0 Å². The molecule has 0 radical (unpaired) electrons. The molecule has 0 heterocycles. The molecular weight excluding hydrogens is 342 g/mol. The smallest absolute Gasteiger partial charge is 0.407 e. The molecule has 7 heteroatoms. The fourth-order valence-corrected chi connectivity index (χ4v) is 2.18. The monoisotopic (exact) mass is 370 g/mol. The van der Waals surface area contributed by atoms with E-state index in [-0.39, 0.29) is 12.5 Å². The van der Waals surface area contributed by atoms with Crippen molar-refractivity contribution >= 4 is 12.0 Å². The zero-order valence-electron chi connectivity index (χ0n) is 16.2. The highest BCUT2D eigenvalue weighted by Crippen LogP contribution is 2.23. The number of hydrogen-bond donors (Lipinski definition) is 2. The van der Waals surface area contributed by atoms with E-state index in [4.69, 9.17) is 4.74 Å². The number of carbonyl (C=O) groups is 2. The zero-order valence-corrected chi connectivity index (χ0v) is 16.2. The normalized spacial score (nSPS) is 14.9. The van der Waals surface area contributed by atoms with E-state index in [1.165, 1.54) is 6.07 Å². The Kier molecular flexibility index (Phi) is 7.12. The van der Waals surface area contributed by atoms with Crippen molar-refractivity contribution in [3.05, 3.63) is 35.4 Å². The van der Waals surface area contributed by atoms with E-state index < -0.39 is 34.8 Å². The first kappa shape index (κ1) is 21.9. The lowest BCUT2D eigenvalue weighted by atomic mass is 9.86. The van der Waals surface area contributed by atoms with Gasteiger partial charge < -0.3 is 15.4 Å². The van der Waals surface area contributed by atoms with E-state index in [2.05, 4.69) is 10.6 Å². The summed E-state index contributed by atoms with van der Waals surface area (Å²) in [6.07, 6.45) is -0.127. The van der Waals surface area contributed by atoms with Crippen LogP contribution in [0.1, 0.15) is 59.6 Å². The van der Waals surface area contributed by atoms with Gasteiger partial charge in [-0.2, -0.15) is 0 Å². The second-order valence-electron chi connectivity index (χ2n) is 7.64. The summed E-state index contributed by atoms with van der Waals surface area (Å²) in [5, 5.41) is 5.40. The Balaban J connectivity index is 2.74. The summed E-state index contributed by atoms with van der Waals surface area (Å²) >= 11 is 0. The lowest BCUT2D eigenvalue weighted by molar-refractivity contribution is -0.130. The van der Waals surface area contributed by atoms with Gasteiger partial charge in [0, 0.05) is 6.54 Å². The Bertz CT molecular complexity index is 659. The lowest BCUT2D eigenvalue weighted by Gasteiger charge is -2.30. The molecule has 0 spiro atoms. The zero-order chi connectivity index (χ0) is 20.1. The molecule has 0 bridgehead atoms. The van der Waals surface area contributed by atoms with Gasteiger partial charge >= 0.3 is 6.09 Å². The Hall–Kier alpha value is -2.18. The number of halogens is 2. The average Bonchev–Trinajstić information content (AvgIpc) is 2.53. The summed E-state index contributed by atoms with van der Waals surface area (Å²) in [7, 11) is 0. The molecule has 0 unspecified atom stereocenters. The summed E-state index contributed by atoms with van der Waals surface area (Å²) in [6, 6.07) is 3.00. The molecule has 2 amide bonds. The SMILES string of the molecule is CC[C@@](C)(CNC(=O)OC(C)(C)C)C(=O)N[C@@H](C)c1ccc(F)c(F)c1. The van der Waals surface area contributed by atoms with E-state index in [9.17, 15) is 18.4 Å². The third-order valence-corrected chi connectivity index (χ3v) is 4.14. The maximum Gasteiger partial charge on any atom is 0.407 e. The van der Waals surface area contributed by atoms with Crippen LogP contribution in [0.3, 0.4) is 0 Å². The first-order valence-corrected chi connectivity index (χ1v) is 8.60. The van der Waals surface area contributed by atoms with E-state index in [0.29, 0.717) is 12.0 Å². The number of rotatable bonds is 6. The third kappa shape index (κ3) is 6.28. The molecule has 146 valence electrons. The lowest BCUT2D eigenvalue weighted by Crippen LogP contribution is -2.47. The molecule has 0 saturated carbocycles. The van der Waals surface area contributed by atoms with Gasteiger partial charge in [0.05, 0.1) is 11.5 Å². The van der Waals surface area contributed by atoms with Crippen molar-refractivity contribution in [1.29, 1.82) is 0 Å². The first-order valence-electron chi connectivity index (χ1n) is 8.60. The van der Waals surface area contributed by atoms with Gasteiger partial charge in [0.1, 0.15) is 5.60 Å². The highest BCUT2D eigenvalue weighted by Gasteiger charge is 2.33. The fraction of sp³-hybridized carbons (Fsp3) is 0.579. The molecule has 1 aromatic rings. The number of ether oxygens (including phenoxy) is 1. The molecule has 1 aromatic carbocycles. The molecule has 0 aliphatic rings. The van der Waals surface area contributed by atoms with E-state index in [1.807, 2.05) is 6.92 Å². The van der Waals surface area contributed by atoms with Crippen LogP contribution in [0.25, 0.3) is 0 Å². The number of carbonyl (C=O) groups excluding carboxylic acids is 2. The van der Waals surface area contributed by atoms with Crippen LogP contribution in [0.5, 0.6) is 0 Å². The standard InChI is InChI=1S/C19H28F2N2O3/c1-7-19(6,11-22-17(25)26-18(3,4)5)16(24)23-12(2)13-8-9-14(20)15(21)10-13/h8-10,12H,7,11H2,1-6H3,(H,22,25)(H,23,24)/t12-,19-/m0/s1. The van der Waals surface area contributed by atoms with Crippen molar-refractivity contribution in [2.45, 2.75) is 59.6 Å². The quantitative estimate of drug-likeness (QED) is 0.793. The summed E-state index contributed by atoms with van der Waals surface area (Å²) in [5.41, 5.74) is -1.05. The van der Waals surface area contributed by atoms with Gasteiger partial charge in [-0.3, -0.25) is 4.79 Å². The molecule has 0 aliphatic heterocycles. The second-order valence-corrected chi connectivity index (χ2v) is 7.64. The van der Waals surface area contributed by atoms with Gasteiger partial charge in [-0.25, -0.2) is 13.6 Å². The van der Waals surface area contributed by atoms with Gasteiger partial charge in [0.25, 0.3) is 0 Å². The molecule has 5 nitrogen and oxygen atoms in total. The van der Waals surface area contributed by atoms with Gasteiger partial charge in [-0.05, 0) is 58.7 Å². The summed E-state index contributed by atoms with van der Waals surface area (Å²) in [6.45, 7) is 10.6. The van der Waals surface area contributed by atoms with Crippen molar-refractivity contribution in [2.75, 3.05) is 6.54 Å². The molecule has 0 aliphatic carbocycles. The van der Waals surface area contributed by atoms with Gasteiger partial charge in [-0.1, -0.05) is 13.0 Å². The number of hydrogen-bond acceptors (Lipinski definition) is 3. The molecule has 1 rings (SSSR count). The van der Waals surface area contributed by atoms with Crippen molar-refractivity contribution in [2.24, 2.45) is 5.41 Å². The van der Waals surface area contributed by atoms with Gasteiger partial charge in [0.15, 0.2) is 11.6 Å². The Morgan fingerprint density at radius 2 is 1.77 bits per heavy atom. The van der Waals surface area contributed by atoms with Crippen molar-refractivity contribution in [3.8, 4) is 0 Å². The van der Waals surface area contributed by atoms with Crippen LogP contribution in [0.2, 0.25) is 0 Å². The summed E-state index contributed by atoms with van der Waals surface area (Å²) in [5.74, 6) is -2.20. The number of nitrogens with one attached hydrogen (secondary N) is 2. The molecule has 0 aromatic heterocycles. The molecule has 2 N–H and O–H groups in total. The Morgan fingerprint density at radius 3 is 2.27 bits per heavy atom. The number of benzene rings is 1. The first-order chi connectivity index (χ1) is 11.9. The van der Waals surface area contributed by atoms with E-state index in [1.54, 1.807) is 34.6 Å². The highest BCUT2D eigenvalue weighted by atomic mass is 19.2. The average molecular weight is 370 g/mol. The fourth-order valence-electron chi connectivity index (χ4n) is 2.18. The predicted molar refractivity (Wildman–Crippen MR) is 95.6 cm³/mol. The van der Waals surface area contributed by atoms with Gasteiger partial charge in [-0.15, -0.1) is 0 Å². The van der Waals surface area contributed by atoms with Crippen LogP contribution < -0.4 is 10.6 Å². The predicted octanol–water partition coefficient (Wildman–Crippen LogP) is 4.08. The maximum absolute atomic E-state index is 13.4. The van der Waals surface area contributed by atoms with Crippen LogP contribution in [0, 0.1) is 17.0 Å². The minimum atomic E-state index is -0.964. The topological polar surface area (TPSA) is 67.4 Å². The van der Waals surface area contributed by atoms with E-state index >= 15 is 0 Å². The molecule has 2 atom stereocenters. The van der Waals surface area contributed by atoms with Crippen LogP contribution in [0.15, 0.2) is 18.2 Å². The summed E-state index contributed by atoms with van der Waals surface area (Å²) in [4.78, 5) is 24.5. The number of amides is 2. The largest absolute Gasteiger partial charge is 0.444 e. The Morgan fingerprint density at radius 1 is 1.15 bits per heavy atom. The number of alkyl carbamates (subject to hydrolysis) is 1. The minimum Gasteiger partial charge on any atom is -0.444 e.